The number of hydrogen-bond acceptors (Lipinski definition) is 2. The molecule has 1 aliphatic heterocycles. The van der Waals surface area contributed by atoms with Crippen LogP contribution in [0.3, 0.4) is 0 Å². The van der Waals surface area contributed by atoms with Gasteiger partial charge in [0.2, 0.25) is 0 Å². The minimum atomic E-state index is -0.176. The molecular formula is C14H20FN3O. The third-order valence-electron chi connectivity index (χ3n) is 3.47. The van der Waals surface area contributed by atoms with Crippen molar-refractivity contribution in [2.24, 2.45) is 0 Å². The summed E-state index contributed by atoms with van der Waals surface area (Å²) in [7, 11) is 0. The lowest BCUT2D eigenvalue weighted by Crippen LogP contribution is -2.35. The lowest BCUT2D eigenvalue weighted by Gasteiger charge is -2.18. The zero-order chi connectivity index (χ0) is 13.8. The lowest BCUT2D eigenvalue weighted by molar-refractivity contribution is 0.217. The highest BCUT2D eigenvalue weighted by Crippen LogP contribution is 2.16. The topological polar surface area (TPSA) is 44.4 Å². The van der Waals surface area contributed by atoms with Crippen molar-refractivity contribution in [1.29, 1.82) is 0 Å². The van der Waals surface area contributed by atoms with Gasteiger partial charge in [-0.25, -0.2) is 9.18 Å². The summed E-state index contributed by atoms with van der Waals surface area (Å²) in [5.41, 5.74) is 1.58. The lowest BCUT2D eigenvalue weighted by atomic mass is 10.1. The van der Waals surface area contributed by atoms with E-state index in [4.69, 9.17) is 0 Å². The normalized spacial score (nSPS) is 16.6. The number of benzene rings is 1. The average Bonchev–Trinajstić information content (AvgIpc) is 2.78. The Kier molecular flexibility index (Phi) is 4.37. The Morgan fingerprint density at radius 2 is 2.32 bits per heavy atom. The van der Waals surface area contributed by atoms with E-state index in [0.717, 1.165) is 18.7 Å². The van der Waals surface area contributed by atoms with Crippen molar-refractivity contribution >= 4 is 6.03 Å². The van der Waals surface area contributed by atoms with Crippen LogP contribution in [0.1, 0.15) is 24.1 Å². The van der Waals surface area contributed by atoms with Crippen molar-refractivity contribution in [2.45, 2.75) is 19.9 Å². The number of carbonyl (C=O) groups excluding carboxylic acids is 1. The van der Waals surface area contributed by atoms with Crippen molar-refractivity contribution in [3.8, 4) is 0 Å². The van der Waals surface area contributed by atoms with E-state index in [9.17, 15) is 9.18 Å². The van der Waals surface area contributed by atoms with E-state index in [-0.39, 0.29) is 17.9 Å². The summed E-state index contributed by atoms with van der Waals surface area (Å²) in [5.74, 6) is -0.176. The molecule has 1 aliphatic rings. The molecular weight excluding hydrogens is 245 g/mol. The molecule has 1 aromatic carbocycles. The van der Waals surface area contributed by atoms with Gasteiger partial charge in [-0.05, 0) is 31.0 Å². The van der Waals surface area contributed by atoms with Gasteiger partial charge in [0.15, 0.2) is 0 Å². The molecule has 1 aromatic rings. The Morgan fingerprint density at radius 1 is 1.53 bits per heavy atom. The summed E-state index contributed by atoms with van der Waals surface area (Å²) in [5, 5.41) is 6.07. The predicted molar refractivity (Wildman–Crippen MR) is 72.5 cm³/mol. The zero-order valence-corrected chi connectivity index (χ0v) is 11.4. The van der Waals surface area contributed by atoms with E-state index in [1.165, 1.54) is 0 Å². The van der Waals surface area contributed by atoms with E-state index in [1.54, 1.807) is 24.0 Å². The quantitative estimate of drug-likeness (QED) is 0.853. The molecule has 5 heteroatoms. The van der Waals surface area contributed by atoms with Crippen LogP contribution in [0.5, 0.6) is 0 Å². The number of nitrogens with one attached hydrogen (secondary N) is 2. The highest BCUT2D eigenvalue weighted by molar-refractivity contribution is 5.76. The van der Waals surface area contributed by atoms with Crippen molar-refractivity contribution in [2.75, 3.05) is 26.2 Å². The van der Waals surface area contributed by atoms with Gasteiger partial charge >= 0.3 is 6.03 Å². The monoisotopic (exact) mass is 265 g/mol. The Morgan fingerprint density at radius 3 is 2.95 bits per heavy atom. The van der Waals surface area contributed by atoms with Crippen molar-refractivity contribution in [3.63, 3.8) is 0 Å². The van der Waals surface area contributed by atoms with E-state index < -0.39 is 0 Å². The summed E-state index contributed by atoms with van der Waals surface area (Å²) < 4.78 is 13.5. The number of amides is 2. The van der Waals surface area contributed by atoms with Gasteiger partial charge in [0, 0.05) is 32.2 Å². The molecule has 19 heavy (non-hydrogen) atoms. The second-order valence-corrected chi connectivity index (χ2v) is 4.90. The molecule has 0 aromatic heterocycles. The molecule has 1 atom stereocenters. The van der Waals surface area contributed by atoms with Crippen LogP contribution < -0.4 is 10.6 Å². The molecule has 1 heterocycles. The average molecular weight is 265 g/mol. The summed E-state index contributed by atoms with van der Waals surface area (Å²) in [4.78, 5) is 13.1. The summed E-state index contributed by atoms with van der Waals surface area (Å²) in [6, 6.07) is 5.35. The number of rotatable bonds is 5. The summed E-state index contributed by atoms with van der Waals surface area (Å²) in [6.45, 7) is 6.59. The van der Waals surface area contributed by atoms with Gasteiger partial charge in [0.05, 0.1) is 0 Å². The Hall–Kier alpha value is -1.62. The Bertz CT molecular complexity index is 464. The number of aryl methyl sites for hydroxylation is 1. The third kappa shape index (κ3) is 3.44. The van der Waals surface area contributed by atoms with Crippen LogP contribution in [-0.2, 0) is 0 Å². The third-order valence-corrected chi connectivity index (χ3v) is 3.47. The van der Waals surface area contributed by atoms with Gasteiger partial charge < -0.3 is 15.5 Å². The Balaban J connectivity index is 1.82. The first-order valence-electron chi connectivity index (χ1n) is 6.60. The van der Waals surface area contributed by atoms with Crippen LogP contribution in [0.2, 0.25) is 0 Å². The molecule has 0 bridgehead atoms. The molecule has 0 saturated carbocycles. The molecule has 1 fully saturated rings. The highest BCUT2D eigenvalue weighted by atomic mass is 19.1. The largest absolute Gasteiger partial charge is 0.336 e. The maximum atomic E-state index is 13.5. The van der Waals surface area contributed by atoms with Crippen molar-refractivity contribution in [1.82, 2.24) is 15.5 Å². The van der Waals surface area contributed by atoms with E-state index in [0.29, 0.717) is 18.7 Å². The number of hydrogen-bond donors (Lipinski definition) is 2. The zero-order valence-electron chi connectivity index (χ0n) is 11.4. The highest BCUT2D eigenvalue weighted by Gasteiger charge is 2.18. The van der Waals surface area contributed by atoms with Crippen LogP contribution in [0.15, 0.2) is 18.2 Å². The Labute approximate surface area is 113 Å². The fourth-order valence-corrected chi connectivity index (χ4v) is 2.14. The predicted octanol–water partition coefficient (Wildman–Crippen LogP) is 1.81. The van der Waals surface area contributed by atoms with Crippen molar-refractivity contribution in [3.05, 3.63) is 35.1 Å². The van der Waals surface area contributed by atoms with Gasteiger partial charge in [-0.1, -0.05) is 12.1 Å². The van der Waals surface area contributed by atoms with Gasteiger partial charge in [0.25, 0.3) is 0 Å². The van der Waals surface area contributed by atoms with E-state index in [1.807, 2.05) is 13.0 Å². The minimum Gasteiger partial charge on any atom is -0.336 e. The van der Waals surface area contributed by atoms with E-state index >= 15 is 0 Å². The molecule has 0 aliphatic carbocycles. The molecule has 2 rings (SSSR count). The minimum absolute atomic E-state index is 0.00386. The van der Waals surface area contributed by atoms with Crippen LogP contribution >= 0.6 is 0 Å². The summed E-state index contributed by atoms with van der Waals surface area (Å²) in [6.07, 6.45) is 0. The number of urea groups is 1. The molecule has 104 valence electrons. The molecule has 0 spiro atoms. The molecule has 2 N–H and O–H groups in total. The first-order chi connectivity index (χ1) is 9.08. The number of carbonyl (C=O) groups is 1. The molecule has 1 unspecified atom stereocenters. The molecule has 1 saturated heterocycles. The maximum Gasteiger partial charge on any atom is 0.317 e. The first-order valence-corrected chi connectivity index (χ1v) is 6.60. The van der Waals surface area contributed by atoms with E-state index in [2.05, 4.69) is 10.6 Å². The molecule has 2 amide bonds. The second kappa shape index (κ2) is 6.02. The molecule has 4 nitrogen and oxygen atoms in total. The van der Waals surface area contributed by atoms with Crippen molar-refractivity contribution < 1.29 is 9.18 Å². The SMILES string of the molecule is Cc1ccc(C(C)NCCN2CCNC2=O)cc1F. The van der Waals surface area contributed by atoms with Crippen LogP contribution in [0.25, 0.3) is 0 Å². The number of nitrogens with zero attached hydrogens (tertiary/aromatic N) is 1. The number of halogens is 1. The summed E-state index contributed by atoms with van der Waals surface area (Å²) >= 11 is 0. The first kappa shape index (κ1) is 13.8. The van der Waals surface area contributed by atoms with Crippen LogP contribution in [-0.4, -0.2) is 37.1 Å². The fourth-order valence-electron chi connectivity index (χ4n) is 2.14. The maximum absolute atomic E-state index is 13.5. The second-order valence-electron chi connectivity index (χ2n) is 4.90. The van der Waals surface area contributed by atoms with Gasteiger partial charge in [-0.15, -0.1) is 0 Å². The van der Waals surface area contributed by atoms with Gasteiger partial charge in [-0.3, -0.25) is 0 Å². The molecule has 0 radical (unpaired) electrons. The fraction of sp³-hybridized carbons (Fsp3) is 0.500. The smallest absolute Gasteiger partial charge is 0.317 e. The van der Waals surface area contributed by atoms with Crippen LogP contribution in [0, 0.1) is 12.7 Å². The standard InChI is InChI=1S/C14H20FN3O/c1-10-3-4-12(9-13(10)15)11(2)16-5-7-18-8-6-17-14(18)19/h3-4,9,11,16H,5-8H2,1-2H3,(H,17,19). The van der Waals surface area contributed by atoms with Gasteiger partial charge in [-0.2, -0.15) is 0 Å². The van der Waals surface area contributed by atoms with Gasteiger partial charge in [0.1, 0.15) is 5.82 Å². The van der Waals surface area contributed by atoms with Crippen LogP contribution in [0.4, 0.5) is 9.18 Å².